The van der Waals surface area contributed by atoms with E-state index >= 15 is 0 Å². The van der Waals surface area contributed by atoms with Crippen molar-refractivity contribution in [3.05, 3.63) is 53.2 Å². The minimum Gasteiger partial charge on any atom is -0.475 e. The maximum Gasteiger partial charge on any atom is 0.417 e. The lowest BCUT2D eigenvalue weighted by Crippen LogP contribution is -2.23. The number of alkyl halides is 3. The van der Waals surface area contributed by atoms with Crippen molar-refractivity contribution in [2.75, 3.05) is 18.5 Å². The van der Waals surface area contributed by atoms with Crippen molar-refractivity contribution in [3.8, 4) is 5.88 Å². The first kappa shape index (κ1) is 21.3. The standard InChI is InChI=1S/C15H14ClF3N4O.HI/c16-12-8-10(15(17,18)19)9-22-13(12)24-7-6-21-14(20)23-11-4-2-1-3-5-11;/h1-5,8-9H,6-7H2,(H3,20,21,23);1H. The van der Waals surface area contributed by atoms with E-state index in [2.05, 4.69) is 15.3 Å². The van der Waals surface area contributed by atoms with Crippen LogP contribution in [0.1, 0.15) is 5.56 Å². The molecule has 0 aliphatic carbocycles. The van der Waals surface area contributed by atoms with Gasteiger partial charge in [0.2, 0.25) is 5.88 Å². The normalized spacial score (nSPS) is 11.6. The molecule has 3 N–H and O–H groups in total. The predicted octanol–water partition coefficient (Wildman–Crippen LogP) is 4.18. The van der Waals surface area contributed by atoms with E-state index in [4.69, 9.17) is 22.1 Å². The van der Waals surface area contributed by atoms with E-state index in [0.29, 0.717) is 6.20 Å². The van der Waals surface area contributed by atoms with Gasteiger partial charge in [-0.15, -0.1) is 24.0 Å². The largest absolute Gasteiger partial charge is 0.475 e. The molecule has 0 bridgehead atoms. The lowest BCUT2D eigenvalue weighted by Gasteiger charge is -2.10. The van der Waals surface area contributed by atoms with Crippen LogP contribution in [0, 0.1) is 0 Å². The molecule has 2 rings (SSSR count). The van der Waals surface area contributed by atoms with Crippen LogP contribution in [0.2, 0.25) is 5.02 Å². The first-order chi connectivity index (χ1) is 11.4. The number of pyridine rings is 1. The number of guanidine groups is 1. The predicted molar refractivity (Wildman–Crippen MR) is 102 cm³/mol. The summed E-state index contributed by atoms with van der Waals surface area (Å²) < 4.78 is 42.7. The smallest absolute Gasteiger partial charge is 0.417 e. The molecule has 0 spiro atoms. The summed E-state index contributed by atoms with van der Waals surface area (Å²) >= 11 is 5.72. The van der Waals surface area contributed by atoms with Gasteiger partial charge in [0.25, 0.3) is 0 Å². The van der Waals surface area contributed by atoms with Crippen LogP contribution in [-0.4, -0.2) is 24.1 Å². The number of ether oxygens (including phenoxy) is 1. The highest BCUT2D eigenvalue weighted by Gasteiger charge is 2.31. The van der Waals surface area contributed by atoms with E-state index in [1.165, 1.54) is 0 Å². The summed E-state index contributed by atoms with van der Waals surface area (Å²) in [6.45, 7) is 0.250. The number of aliphatic imine (C=N–C) groups is 1. The van der Waals surface area contributed by atoms with Gasteiger partial charge in [-0.1, -0.05) is 29.8 Å². The number of nitrogens with zero attached hydrogens (tertiary/aromatic N) is 2. The highest BCUT2D eigenvalue weighted by Crippen LogP contribution is 2.32. The second-order valence-electron chi connectivity index (χ2n) is 4.62. The fourth-order valence-electron chi connectivity index (χ4n) is 1.70. The van der Waals surface area contributed by atoms with Gasteiger partial charge in [-0.25, -0.2) is 9.98 Å². The molecule has 0 amide bonds. The lowest BCUT2D eigenvalue weighted by atomic mass is 10.3. The molecule has 0 radical (unpaired) electrons. The Kier molecular flexibility index (Phi) is 8.23. The maximum atomic E-state index is 12.5. The molecule has 1 aromatic heterocycles. The average molecular weight is 487 g/mol. The Morgan fingerprint density at radius 1 is 1.28 bits per heavy atom. The SMILES string of the molecule is I.NC(=NCCOc1ncc(C(F)(F)F)cc1Cl)Nc1ccccc1. The molecule has 5 nitrogen and oxygen atoms in total. The zero-order chi connectivity index (χ0) is 17.6. The Labute approximate surface area is 164 Å². The summed E-state index contributed by atoms with van der Waals surface area (Å²) in [5, 5.41) is 2.66. The summed E-state index contributed by atoms with van der Waals surface area (Å²) in [5.41, 5.74) is 5.55. The summed E-state index contributed by atoms with van der Waals surface area (Å²) in [5.74, 6) is 0.103. The second kappa shape index (κ2) is 9.66. The van der Waals surface area contributed by atoms with Crippen LogP contribution < -0.4 is 15.8 Å². The quantitative estimate of drug-likeness (QED) is 0.288. The van der Waals surface area contributed by atoms with Crippen LogP contribution in [0.25, 0.3) is 0 Å². The monoisotopic (exact) mass is 486 g/mol. The van der Waals surface area contributed by atoms with Gasteiger partial charge in [-0.05, 0) is 18.2 Å². The maximum absolute atomic E-state index is 12.5. The third-order valence-electron chi connectivity index (χ3n) is 2.79. The summed E-state index contributed by atoms with van der Waals surface area (Å²) in [4.78, 5) is 7.59. The molecule has 0 saturated heterocycles. The molecule has 0 atom stereocenters. The van der Waals surface area contributed by atoms with Crippen molar-refractivity contribution in [1.29, 1.82) is 0 Å². The van der Waals surface area contributed by atoms with Gasteiger partial charge in [0.1, 0.15) is 11.6 Å². The lowest BCUT2D eigenvalue weighted by molar-refractivity contribution is -0.137. The van der Waals surface area contributed by atoms with Crippen LogP contribution >= 0.6 is 35.6 Å². The number of aromatic nitrogens is 1. The number of benzene rings is 1. The van der Waals surface area contributed by atoms with Crippen molar-refractivity contribution < 1.29 is 17.9 Å². The van der Waals surface area contributed by atoms with Crippen molar-refractivity contribution in [2.24, 2.45) is 10.7 Å². The van der Waals surface area contributed by atoms with E-state index in [9.17, 15) is 13.2 Å². The van der Waals surface area contributed by atoms with Gasteiger partial charge in [-0.2, -0.15) is 13.2 Å². The molecule has 2 aromatic rings. The van der Waals surface area contributed by atoms with Crippen molar-refractivity contribution in [1.82, 2.24) is 4.98 Å². The number of nitrogens with two attached hydrogens (primary N) is 1. The summed E-state index contributed by atoms with van der Waals surface area (Å²) in [6.07, 6.45) is -3.84. The number of para-hydroxylation sites is 1. The number of rotatable bonds is 5. The van der Waals surface area contributed by atoms with Crippen LogP contribution in [-0.2, 0) is 6.18 Å². The van der Waals surface area contributed by atoms with E-state index in [0.717, 1.165) is 11.8 Å². The second-order valence-corrected chi connectivity index (χ2v) is 5.02. The molecule has 25 heavy (non-hydrogen) atoms. The van der Waals surface area contributed by atoms with E-state index < -0.39 is 11.7 Å². The van der Waals surface area contributed by atoms with Crippen molar-refractivity contribution >= 4 is 47.2 Å². The van der Waals surface area contributed by atoms with E-state index in [-0.39, 0.29) is 54.0 Å². The Balaban J connectivity index is 0.00000312. The molecule has 10 heteroatoms. The van der Waals surface area contributed by atoms with E-state index in [1.54, 1.807) is 0 Å². The number of hydrogen-bond acceptors (Lipinski definition) is 3. The number of anilines is 1. The van der Waals surface area contributed by atoms with Gasteiger partial charge in [0.15, 0.2) is 5.96 Å². The highest BCUT2D eigenvalue weighted by molar-refractivity contribution is 14.0. The summed E-state index contributed by atoms with van der Waals surface area (Å²) in [7, 11) is 0. The molecule has 1 aromatic carbocycles. The highest BCUT2D eigenvalue weighted by atomic mass is 127. The Bertz CT molecular complexity index is 714. The van der Waals surface area contributed by atoms with Crippen LogP contribution in [0.3, 0.4) is 0 Å². The molecule has 1 heterocycles. The van der Waals surface area contributed by atoms with Crippen LogP contribution in [0.15, 0.2) is 47.6 Å². The van der Waals surface area contributed by atoms with Gasteiger partial charge in [0.05, 0.1) is 12.1 Å². The third-order valence-corrected chi connectivity index (χ3v) is 3.06. The van der Waals surface area contributed by atoms with Crippen molar-refractivity contribution in [3.63, 3.8) is 0 Å². The van der Waals surface area contributed by atoms with Gasteiger partial charge >= 0.3 is 6.18 Å². The van der Waals surface area contributed by atoms with Gasteiger partial charge in [-0.3, -0.25) is 0 Å². The molecule has 136 valence electrons. The van der Waals surface area contributed by atoms with E-state index in [1.807, 2.05) is 30.3 Å². The molecule has 0 aliphatic rings. The fraction of sp³-hybridized carbons (Fsp3) is 0.200. The molecule has 0 fully saturated rings. The topological polar surface area (TPSA) is 72.5 Å². The molecular formula is C15H15ClF3IN4O. The summed E-state index contributed by atoms with van der Waals surface area (Å²) in [6, 6.07) is 9.97. The first-order valence-electron chi connectivity index (χ1n) is 6.84. The number of nitrogens with one attached hydrogen (secondary N) is 1. The van der Waals surface area contributed by atoms with Gasteiger partial charge in [0, 0.05) is 11.9 Å². The zero-order valence-electron chi connectivity index (χ0n) is 12.8. The molecule has 0 saturated carbocycles. The molecule has 0 aliphatic heterocycles. The molecular weight excluding hydrogens is 472 g/mol. The minimum absolute atomic E-state index is 0. The first-order valence-corrected chi connectivity index (χ1v) is 7.21. The molecule has 0 unspecified atom stereocenters. The third kappa shape index (κ3) is 6.94. The Morgan fingerprint density at radius 2 is 1.96 bits per heavy atom. The minimum atomic E-state index is -4.50. The van der Waals surface area contributed by atoms with Gasteiger partial charge < -0.3 is 15.8 Å². The Hall–Kier alpha value is -1.75. The van der Waals surface area contributed by atoms with Crippen LogP contribution in [0.4, 0.5) is 18.9 Å². The average Bonchev–Trinajstić information content (AvgIpc) is 2.52. The zero-order valence-corrected chi connectivity index (χ0v) is 15.8. The van der Waals surface area contributed by atoms with Crippen LogP contribution in [0.5, 0.6) is 5.88 Å². The number of hydrogen-bond donors (Lipinski definition) is 2. The fourth-order valence-corrected chi connectivity index (χ4v) is 1.92. The number of halogens is 5. The van der Waals surface area contributed by atoms with Crippen molar-refractivity contribution in [2.45, 2.75) is 6.18 Å². The Morgan fingerprint density at radius 3 is 2.56 bits per heavy atom.